The van der Waals surface area contributed by atoms with Crippen molar-refractivity contribution in [2.45, 2.75) is 38.6 Å². The zero-order valence-corrected chi connectivity index (χ0v) is 11.8. The second-order valence-corrected chi connectivity index (χ2v) is 5.77. The Morgan fingerprint density at radius 2 is 1.84 bits per heavy atom. The second-order valence-electron chi connectivity index (χ2n) is 5.77. The summed E-state index contributed by atoms with van der Waals surface area (Å²) in [5.41, 5.74) is 1.63. The van der Waals surface area contributed by atoms with Gasteiger partial charge in [0.15, 0.2) is 0 Å². The van der Waals surface area contributed by atoms with E-state index in [9.17, 15) is 10.0 Å². The summed E-state index contributed by atoms with van der Waals surface area (Å²) in [5, 5.41) is 18.8. The van der Waals surface area contributed by atoms with E-state index < -0.39 is 7.12 Å². The van der Waals surface area contributed by atoms with Crippen LogP contribution in [0.4, 0.5) is 0 Å². The van der Waals surface area contributed by atoms with Crippen molar-refractivity contribution in [3.63, 3.8) is 0 Å². The van der Waals surface area contributed by atoms with Crippen LogP contribution in [-0.4, -0.2) is 35.7 Å². The number of hydrogen-bond donors (Lipinski definition) is 2. The fraction of sp³-hybridized carbons (Fsp3) is 0.600. The second kappa shape index (κ2) is 7.08. The van der Waals surface area contributed by atoms with Crippen LogP contribution in [0.2, 0.25) is 0 Å². The molecule has 1 aliphatic rings. The third-order valence-corrected chi connectivity index (χ3v) is 4.07. The summed E-state index contributed by atoms with van der Waals surface area (Å²) < 4.78 is 0. The van der Waals surface area contributed by atoms with Crippen LogP contribution in [0.25, 0.3) is 0 Å². The third kappa shape index (κ3) is 4.34. The monoisotopic (exact) mass is 261 g/mol. The Hall–Kier alpha value is -0.835. The molecule has 0 bridgehead atoms. The van der Waals surface area contributed by atoms with Crippen LogP contribution in [0.5, 0.6) is 0 Å². The molecule has 1 aliphatic carbocycles. The van der Waals surface area contributed by atoms with E-state index in [0.29, 0.717) is 5.46 Å². The fourth-order valence-electron chi connectivity index (χ4n) is 3.10. The highest BCUT2D eigenvalue weighted by atomic mass is 16.4. The van der Waals surface area contributed by atoms with Crippen LogP contribution in [0.1, 0.15) is 37.7 Å². The van der Waals surface area contributed by atoms with Crippen LogP contribution >= 0.6 is 0 Å². The Morgan fingerprint density at radius 1 is 1.16 bits per heavy atom. The minimum Gasteiger partial charge on any atom is -0.423 e. The molecule has 1 aromatic carbocycles. The van der Waals surface area contributed by atoms with Crippen molar-refractivity contribution in [2.75, 3.05) is 13.6 Å². The lowest BCUT2D eigenvalue weighted by Gasteiger charge is -2.27. The summed E-state index contributed by atoms with van der Waals surface area (Å²) in [6.45, 7) is 1.89. The smallest absolute Gasteiger partial charge is 0.423 e. The van der Waals surface area contributed by atoms with Gasteiger partial charge in [-0.3, -0.25) is 0 Å². The third-order valence-electron chi connectivity index (χ3n) is 4.07. The average Bonchev–Trinajstić information content (AvgIpc) is 2.40. The maximum atomic E-state index is 9.38. The first-order valence-corrected chi connectivity index (χ1v) is 7.29. The predicted octanol–water partition coefficient (Wildman–Crippen LogP) is 1.38. The van der Waals surface area contributed by atoms with E-state index in [4.69, 9.17) is 0 Å². The van der Waals surface area contributed by atoms with E-state index in [0.717, 1.165) is 24.6 Å². The lowest BCUT2D eigenvalue weighted by atomic mass is 9.77. The number of hydrogen-bond acceptors (Lipinski definition) is 3. The van der Waals surface area contributed by atoms with Crippen LogP contribution in [-0.2, 0) is 6.54 Å². The van der Waals surface area contributed by atoms with Gasteiger partial charge in [-0.15, -0.1) is 0 Å². The Morgan fingerprint density at radius 3 is 2.53 bits per heavy atom. The standard InChI is InChI=1S/C15H24BNO2/c1-17(11-13-7-3-2-4-8-13)12-14-9-5-6-10-15(14)16(18)19/h5-6,9-10,13,18-19H,2-4,7-8,11-12H2,1H3. The molecule has 0 heterocycles. The van der Waals surface area contributed by atoms with E-state index in [-0.39, 0.29) is 0 Å². The van der Waals surface area contributed by atoms with Crippen molar-refractivity contribution >= 4 is 12.6 Å². The fourth-order valence-corrected chi connectivity index (χ4v) is 3.10. The van der Waals surface area contributed by atoms with Crippen LogP contribution in [0.15, 0.2) is 24.3 Å². The molecule has 2 rings (SSSR count). The highest BCUT2D eigenvalue weighted by Gasteiger charge is 2.18. The predicted molar refractivity (Wildman–Crippen MR) is 79.2 cm³/mol. The molecule has 3 nitrogen and oxygen atoms in total. The summed E-state index contributed by atoms with van der Waals surface area (Å²) >= 11 is 0. The first-order valence-electron chi connectivity index (χ1n) is 7.29. The molecule has 0 aromatic heterocycles. The summed E-state index contributed by atoms with van der Waals surface area (Å²) in [6, 6.07) is 7.57. The normalized spacial score (nSPS) is 16.8. The van der Waals surface area contributed by atoms with Crippen LogP contribution in [0.3, 0.4) is 0 Å². The van der Waals surface area contributed by atoms with Crippen molar-refractivity contribution in [3.8, 4) is 0 Å². The maximum Gasteiger partial charge on any atom is 0.488 e. The Balaban J connectivity index is 1.92. The highest BCUT2D eigenvalue weighted by molar-refractivity contribution is 6.59. The average molecular weight is 261 g/mol. The van der Waals surface area contributed by atoms with Crippen LogP contribution in [0, 0.1) is 5.92 Å². The van der Waals surface area contributed by atoms with Crippen molar-refractivity contribution < 1.29 is 10.0 Å². The summed E-state index contributed by atoms with van der Waals surface area (Å²) in [5.74, 6) is 0.810. The zero-order valence-electron chi connectivity index (χ0n) is 11.8. The number of rotatable bonds is 5. The molecule has 104 valence electrons. The van der Waals surface area contributed by atoms with Gasteiger partial charge in [-0.1, -0.05) is 43.5 Å². The molecule has 0 radical (unpaired) electrons. The van der Waals surface area contributed by atoms with Gasteiger partial charge in [0.25, 0.3) is 0 Å². The Bertz CT molecular complexity index is 391. The first kappa shape index (κ1) is 14.6. The zero-order chi connectivity index (χ0) is 13.7. The molecular weight excluding hydrogens is 237 g/mol. The minimum absolute atomic E-state index is 0.623. The van der Waals surface area contributed by atoms with Gasteiger partial charge < -0.3 is 14.9 Å². The van der Waals surface area contributed by atoms with Crippen molar-refractivity contribution in [1.82, 2.24) is 4.90 Å². The quantitative estimate of drug-likeness (QED) is 0.787. The number of nitrogens with zero attached hydrogens (tertiary/aromatic N) is 1. The molecule has 0 atom stereocenters. The molecule has 0 saturated heterocycles. The molecule has 0 aliphatic heterocycles. The molecule has 1 saturated carbocycles. The number of benzene rings is 1. The van der Waals surface area contributed by atoms with E-state index in [2.05, 4.69) is 11.9 Å². The topological polar surface area (TPSA) is 43.7 Å². The Labute approximate surface area is 116 Å². The van der Waals surface area contributed by atoms with Crippen molar-refractivity contribution in [2.24, 2.45) is 5.92 Å². The van der Waals surface area contributed by atoms with Gasteiger partial charge in [0.05, 0.1) is 0 Å². The Kier molecular flexibility index (Phi) is 5.43. The molecule has 4 heteroatoms. The molecule has 1 aromatic rings. The first-order chi connectivity index (χ1) is 9.16. The molecule has 2 N–H and O–H groups in total. The SMILES string of the molecule is CN(Cc1ccccc1B(O)O)CC1CCCCC1. The highest BCUT2D eigenvalue weighted by Crippen LogP contribution is 2.24. The van der Waals surface area contributed by atoms with E-state index in [1.54, 1.807) is 6.07 Å². The molecular formula is C15H24BNO2. The van der Waals surface area contributed by atoms with Crippen LogP contribution < -0.4 is 5.46 Å². The van der Waals surface area contributed by atoms with Gasteiger partial charge in [0, 0.05) is 13.1 Å². The van der Waals surface area contributed by atoms with E-state index >= 15 is 0 Å². The largest absolute Gasteiger partial charge is 0.488 e. The molecule has 19 heavy (non-hydrogen) atoms. The molecule has 0 spiro atoms. The van der Waals surface area contributed by atoms with Gasteiger partial charge >= 0.3 is 7.12 Å². The summed E-state index contributed by atoms with van der Waals surface area (Å²) in [4.78, 5) is 2.30. The lowest BCUT2D eigenvalue weighted by Crippen LogP contribution is -2.36. The van der Waals surface area contributed by atoms with Crippen molar-refractivity contribution in [3.05, 3.63) is 29.8 Å². The molecule has 0 unspecified atom stereocenters. The van der Waals surface area contributed by atoms with E-state index in [1.165, 1.54) is 32.1 Å². The van der Waals surface area contributed by atoms with E-state index in [1.807, 2.05) is 18.2 Å². The molecule has 0 amide bonds. The summed E-state index contributed by atoms with van der Waals surface area (Å²) in [7, 11) is 0.745. The van der Waals surface area contributed by atoms with Gasteiger partial charge in [-0.2, -0.15) is 0 Å². The minimum atomic E-state index is -1.38. The van der Waals surface area contributed by atoms with Gasteiger partial charge in [-0.05, 0) is 36.8 Å². The maximum absolute atomic E-state index is 9.38. The van der Waals surface area contributed by atoms with Gasteiger partial charge in [-0.25, -0.2) is 0 Å². The molecule has 1 fully saturated rings. The van der Waals surface area contributed by atoms with Gasteiger partial charge in [0.2, 0.25) is 0 Å². The van der Waals surface area contributed by atoms with Gasteiger partial charge in [0.1, 0.15) is 0 Å². The van der Waals surface area contributed by atoms with Crippen molar-refractivity contribution in [1.29, 1.82) is 0 Å². The summed E-state index contributed by atoms with van der Waals surface area (Å²) in [6.07, 6.45) is 6.80. The lowest BCUT2D eigenvalue weighted by molar-refractivity contribution is 0.228.